The Morgan fingerprint density at radius 2 is 2.08 bits per heavy atom. The van der Waals surface area contributed by atoms with E-state index in [1.165, 1.54) is 4.68 Å². The summed E-state index contributed by atoms with van der Waals surface area (Å²) >= 11 is 0. The number of carbonyl (C=O) groups is 1. The van der Waals surface area contributed by atoms with Gasteiger partial charge in [-0.25, -0.2) is 4.68 Å². The van der Waals surface area contributed by atoms with Gasteiger partial charge < -0.3 is 14.8 Å². The number of nitrogens with one attached hydrogen (secondary N) is 1. The van der Waals surface area contributed by atoms with Gasteiger partial charge in [0.25, 0.3) is 5.91 Å². The maximum Gasteiger partial charge on any atom is 0.411 e. The first-order valence-electron chi connectivity index (χ1n) is 7.93. The Balaban J connectivity index is 1.87. The molecule has 0 aliphatic carbocycles. The van der Waals surface area contributed by atoms with Crippen LogP contribution in [0.15, 0.2) is 30.5 Å². The second kappa shape index (κ2) is 8.70. The Hall–Kier alpha value is -2.55. The van der Waals surface area contributed by atoms with Crippen LogP contribution in [0.1, 0.15) is 22.5 Å². The summed E-state index contributed by atoms with van der Waals surface area (Å²) < 4.78 is 47.1. The van der Waals surface area contributed by atoms with Crippen molar-refractivity contribution in [3.63, 3.8) is 0 Å². The van der Waals surface area contributed by atoms with Gasteiger partial charge in [0.05, 0.1) is 7.11 Å². The van der Waals surface area contributed by atoms with Gasteiger partial charge >= 0.3 is 6.18 Å². The van der Waals surface area contributed by atoms with E-state index >= 15 is 0 Å². The summed E-state index contributed by atoms with van der Waals surface area (Å²) in [5.41, 5.74) is 1.91. The van der Waals surface area contributed by atoms with Crippen LogP contribution >= 0.6 is 0 Å². The molecule has 1 amide bonds. The van der Waals surface area contributed by atoms with E-state index in [9.17, 15) is 18.0 Å². The summed E-state index contributed by atoms with van der Waals surface area (Å²) in [5, 5.41) is 6.82. The predicted molar refractivity (Wildman–Crippen MR) is 88.7 cm³/mol. The van der Waals surface area contributed by atoms with E-state index in [1.54, 1.807) is 19.4 Å². The zero-order valence-electron chi connectivity index (χ0n) is 14.5. The quantitative estimate of drug-likeness (QED) is 0.725. The van der Waals surface area contributed by atoms with E-state index in [0.717, 1.165) is 5.56 Å². The van der Waals surface area contributed by atoms with Crippen molar-refractivity contribution in [3.8, 4) is 11.4 Å². The Morgan fingerprint density at radius 1 is 1.31 bits per heavy atom. The van der Waals surface area contributed by atoms with Gasteiger partial charge in [-0.2, -0.15) is 18.3 Å². The van der Waals surface area contributed by atoms with Gasteiger partial charge in [0.1, 0.15) is 18.0 Å². The molecule has 0 atom stereocenters. The first-order valence-corrected chi connectivity index (χ1v) is 7.93. The van der Waals surface area contributed by atoms with Crippen molar-refractivity contribution in [3.05, 3.63) is 41.7 Å². The first kappa shape index (κ1) is 19.8. The fraction of sp³-hybridized carbons (Fsp3) is 0.412. The van der Waals surface area contributed by atoms with Gasteiger partial charge in [0.15, 0.2) is 5.69 Å². The predicted octanol–water partition coefficient (Wildman–Crippen LogP) is 2.89. The van der Waals surface area contributed by atoms with Crippen molar-refractivity contribution >= 4 is 5.91 Å². The van der Waals surface area contributed by atoms with E-state index in [1.807, 2.05) is 25.1 Å². The van der Waals surface area contributed by atoms with Crippen molar-refractivity contribution in [1.82, 2.24) is 15.1 Å². The topological polar surface area (TPSA) is 65.4 Å². The third-order valence-electron chi connectivity index (χ3n) is 3.42. The lowest BCUT2D eigenvalue weighted by Gasteiger charge is -2.09. The molecule has 0 aliphatic heterocycles. The van der Waals surface area contributed by atoms with Crippen LogP contribution in [-0.4, -0.2) is 48.7 Å². The summed E-state index contributed by atoms with van der Waals surface area (Å²) in [5.74, 6) is 0.207. The minimum atomic E-state index is -4.34. The summed E-state index contributed by atoms with van der Waals surface area (Å²) in [4.78, 5) is 12.1. The van der Waals surface area contributed by atoms with Crippen molar-refractivity contribution in [2.75, 3.05) is 26.9 Å². The van der Waals surface area contributed by atoms with E-state index in [4.69, 9.17) is 4.74 Å². The smallest absolute Gasteiger partial charge is 0.411 e. The van der Waals surface area contributed by atoms with Gasteiger partial charge in [0, 0.05) is 19.3 Å². The van der Waals surface area contributed by atoms with Gasteiger partial charge in [-0.15, -0.1) is 0 Å². The molecule has 2 aromatic rings. The van der Waals surface area contributed by atoms with Gasteiger partial charge in [0.2, 0.25) is 0 Å². The molecule has 26 heavy (non-hydrogen) atoms. The average Bonchev–Trinajstić information content (AvgIpc) is 3.06. The molecule has 1 aromatic heterocycles. The number of amides is 1. The van der Waals surface area contributed by atoms with Gasteiger partial charge in [-0.05, 0) is 37.1 Å². The van der Waals surface area contributed by atoms with Crippen LogP contribution in [0.2, 0.25) is 0 Å². The Bertz CT molecular complexity index is 744. The Morgan fingerprint density at radius 3 is 2.77 bits per heavy atom. The van der Waals surface area contributed by atoms with Crippen LogP contribution in [0.5, 0.6) is 5.75 Å². The number of aryl methyl sites for hydroxylation is 1. The van der Waals surface area contributed by atoms with E-state index in [0.29, 0.717) is 11.4 Å². The molecule has 0 unspecified atom stereocenters. The van der Waals surface area contributed by atoms with Crippen molar-refractivity contribution < 1.29 is 27.4 Å². The summed E-state index contributed by atoms with van der Waals surface area (Å²) in [6, 6.07) is 7.15. The van der Waals surface area contributed by atoms with Crippen LogP contribution < -0.4 is 10.1 Å². The molecule has 9 heteroatoms. The largest absolute Gasteiger partial charge is 0.494 e. The molecule has 1 N–H and O–H groups in total. The van der Waals surface area contributed by atoms with Crippen LogP contribution in [0, 0.1) is 6.92 Å². The fourth-order valence-corrected chi connectivity index (χ4v) is 2.21. The normalized spacial score (nSPS) is 11.4. The molecule has 0 saturated carbocycles. The molecule has 0 spiro atoms. The number of alkyl halides is 3. The lowest BCUT2D eigenvalue weighted by molar-refractivity contribution is -0.173. The number of aromatic nitrogens is 2. The number of hydrogen-bond acceptors (Lipinski definition) is 4. The second-order valence-electron chi connectivity index (χ2n) is 5.60. The maximum absolute atomic E-state index is 12.1. The number of hydrogen-bond donors (Lipinski definition) is 1. The van der Waals surface area contributed by atoms with Crippen LogP contribution in [0.25, 0.3) is 5.69 Å². The van der Waals surface area contributed by atoms with Gasteiger partial charge in [-0.3, -0.25) is 4.79 Å². The Kier molecular flexibility index (Phi) is 6.62. The molecule has 6 nitrogen and oxygen atoms in total. The standard InChI is InChI=1S/C17H20F3N3O3/c1-12-4-5-15(25-2)14(10-12)23-8-6-13(22-23)16(24)21-7-3-9-26-11-17(18,19)20/h4-6,8,10H,3,7,9,11H2,1-2H3,(H,21,24). The average molecular weight is 371 g/mol. The zero-order valence-corrected chi connectivity index (χ0v) is 14.5. The molecule has 0 fully saturated rings. The van der Waals surface area contributed by atoms with E-state index in [-0.39, 0.29) is 25.3 Å². The van der Waals surface area contributed by atoms with Crippen molar-refractivity contribution in [2.24, 2.45) is 0 Å². The van der Waals surface area contributed by atoms with Crippen molar-refractivity contribution in [2.45, 2.75) is 19.5 Å². The lowest BCUT2D eigenvalue weighted by Crippen LogP contribution is -2.26. The first-order chi connectivity index (χ1) is 12.3. The molecular weight excluding hydrogens is 351 g/mol. The molecule has 0 radical (unpaired) electrons. The second-order valence-corrected chi connectivity index (χ2v) is 5.60. The molecule has 1 aromatic carbocycles. The molecule has 0 saturated heterocycles. The van der Waals surface area contributed by atoms with E-state index in [2.05, 4.69) is 15.2 Å². The fourth-order valence-electron chi connectivity index (χ4n) is 2.21. The number of benzene rings is 1. The number of nitrogens with zero attached hydrogens (tertiary/aromatic N) is 2. The molecular formula is C17H20F3N3O3. The lowest BCUT2D eigenvalue weighted by atomic mass is 10.2. The van der Waals surface area contributed by atoms with Gasteiger partial charge in [-0.1, -0.05) is 6.07 Å². The van der Waals surface area contributed by atoms with Crippen LogP contribution in [0.3, 0.4) is 0 Å². The molecule has 0 bridgehead atoms. The number of rotatable bonds is 8. The molecule has 0 aliphatic rings. The molecule has 2 rings (SSSR count). The van der Waals surface area contributed by atoms with Crippen LogP contribution in [0.4, 0.5) is 13.2 Å². The highest BCUT2D eigenvalue weighted by atomic mass is 19.4. The van der Waals surface area contributed by atoms with Crippen LogP contribution in [-0.2, 0) is 4.74 Å². The number of halogens is 3. The molecule has 1 heterocycles. The summed E-state index contributed by atoms with van der Waals surface area (Å²) in [6.07, 6.45) is -2.43. The number of ether oxygens (including phenoxy) is 2. The highest BCUT2D eigenvalue weighted by Gasteiger charge is 2.27. The highest BCUT2D eigenvalue weighted by Crippen LogP contribution is 2.23. The third-order valence-corrected chi connectivity index (χ3v) is 3.42. The summed E-state index contributed by atoms with van der Waals surface area (Å²) in [7, 11) is 1.55. The minimum Gasteiger partial charge on any atom is -0.494 e. The monoisotopic (exact) mass is 371 g/mol. The SMILES string of the molecule is COc1ccc(C)cc1-n1ccc(C(=O)NCCCOCC(F)(F)F)n1. The Labute approximate surface area is 148 Å². The number of carbonyl (C=O) groups excluding carboxylic acids is 1. The zero-order chi connectivity index (χ0) is 19.2. The number of methoxy groups -OCH3 is 1. The maximum atomic E-state index is 12.1. The third kappa shape index (κ3) is 5.76. The van der Waals surface area contributed by atoms with Crippen molar-refractivity contribution in [1.29, 1.82) is 0 Å². The highest BCUT2D eigenvalue weighted by molar-refractivity contribution is 5.92. The molecule has 142 valence electrons. The van der Waals surface area contributed by atoms with E-state index < -0.39 is 18.7 Å². The summed E-state index contributed by atoms with van der Waals surface area (Å²) in [6.45, 7) is 0.747. The minimum absolute atomic E-state index is 0.0886.